The van der Waals surface area contributed by atoms with Crippen LogP contribution in [0.2, 0.25) is 0 Å². The number of halogens is 3. The molecule has 2 atom stereocenters. The van der Waals surface area contributed by atoms with Gasteiger partial charge in [0.15, 0.2) is 0 Å². The fourth-order valence-corrected chi connectivity index (χ4v) is 5.59. The fraction of sp³-hybridized carbons (Fsp3) is 0.235. The van der Waals surface area contributed by atoms with E-state index in [1.54, 1.807) is 43.0 Å². The smallest absolute Gasteiger partial charge is 0.416 e. The number of alkyl halides is 3. The predicted molar refractivity (Wildman–Crippen MR) is 154 cm³/mol. The van der Waals surface area contributed by atoms with Crippen LogP contribution in [0.3, 0.4) is 0 Å². The average molecular weight is 574 g/mol. The molecule has 0 aliphatic carbocycles. The number of aromatic carboxylic acids is 1. The van der Waals surface area contributed by atoms with E-state index in [1.165, 1.54) is 0 Å². The molecule has 0 radical (unpaired) electrons. The van der Waals surface area contributed by atoms with Gasteiger partial charge in [-0.3, -0.25) is 4.90 Å². The van der Waals surface area contributed by atoms with Gasteiger partial charge in [-0.05, 0) is 97.0 Å². The van der Waals surface area contributed by atoms with Crippen LogP contribution in [0.4, 0.5) is 18.0 Å². The van der Waals surface area contributed by atoms with Gasteiger partial charge in [-0.1, -0.05) is 59.7 Å². The van der Waals surface area contributed by atoms with Gasteiger partial charge in [-0.15, -0.1) is 0 Å². The van der Waals surface area contributed by atoms with Crippen LogP contribution in [0.15, 0.2) is 78.9 Å². The molecule has 1 saturated heterocycles. The molecule has 0 spiro atoms. The lowest BCUT2D eigenvalue weighted by molar-refractivity contribution is -0.137. The van der Waals surface area contributed by atoms with Crippen LogP contribution in [0.1, 0.15) is 56.8 Å². The summed E-state index contributed by atoms with van der Waals surface area (Å²) < 4.78 is 46.1. The molecule has 1 N–H and O–H groups in total. The molecular weight excluding hydrogens is 543 g/mol. The molecule has 8 heteroatoms. The van der Waals surface area contributed by atoms with Crippen molar-refractivity contribution in [2.75, 3.05) is 0 Å². The van der Waals surface area contributed by atoms with Crippen LogP contribution in [0, 0.1) is 20.8 Å². The largest absolute Gasteiger partial charge is 0.478 e. The number of carboxylic acid groups (broad SMARTS) is 1. The quantitative estimate of drug-likeness (QED) is 0.250. The number of hydrogen-bond donors (Lipinski definition) is 1. The summed E-state index contributed by atoms with van der Waals surface area (Å²) in [6.45, 7) is 7.41. The number of carboxylic acids is 1. The molecule has 216 valence electrons. The van der Waals surface area contributed by atoms with Gasteiger partial charge in [0.25, 0.3) is 0 Å². The van der Waals surface area contributed by atoms with Crippen molar-refractivity contribution in [2.45, 2.75) is 52.6 Å². The van der Waals surface area contributed by atoms with Crippen molar-refractivity contribution in [1.82, 2.24) is 4.90 Å². The van der Waals surface area contributed by atoms with Gasteiger partial charge in [-0.25, -0.2) is 9.59 Å². The number of aryl methyl sites for hydroxylation is 3. The van der Waals surface area contributed by atoms with E-state index < -0.39 is 35.9 Å². The van der Waals surface area contributed by atoms with Gasteiger partial charge in [-0.2, -0.15) is 13.2 Å². The topological polar surface area (TPSA) is 66.8 Å². The second-order valence-electron chi connectivity index (χ2n) is 10.9. The standard InChI is InChI=1S/C34H30F3NO4/c1-19-8-10-30(24-7-5-6-23(16-24)29-11-9-25(32(39)40)15-21(29)3)27(12-19)18-38-22(4)31(42-33(38)41)26-13-20(2)14-28(17-26)34(35,36)37/h5-17,22,31H,18H2,1-4H3,(H,39,40)/t22-,31-/m0/s1. The van der Waals surface area contributed by atoms with Crippen LogP contribution >= 0.6 is 0 Å². The molecule has 4 aromatic carbocycles. The molecule has 1 fully saturated rings. The van der Waals surface area contributed by atoms with Gasteiger partial charge in [0, 0.05) is 0 Å². The first-order valence-corrected chi connectivity index (χ1v) is 13.5. The number of amides is 1. The maximum Gasteiger partial charge on any atom is 0.416 e. The summed E-state index contributed by atoms with van der Waals surface area (Å²) in [5, 5.41) is 9.33. The van der Waals surface area contributed by atoms with Crippen LogP contribution in [0.25, 0.3) is 22.3 Å². The normalized spacial score (nSPS) is 16.9. The Morgan fingerprint density at radius 2 is 1.57 bits per heavy atom. The number of ether oxygens (including phenoxy) is 1. The third kappa shape index (κ3) is 5.75. The molecule has 5 nitrogen and oxygen atoms in total. The Morgan fingerprint density at radius 1 is 0.881 bits per heavy atom. The van der Waals surface area contributed by atoms with Crippen LogP contribution in [0.5, 0.6) is 0 Å². The Kier molecular flexibility index (Phi) is 7.58. The van der Waals surface area contributed by atoms with Gasteiger partial charge in [0.1, 0.15) is 6.10 Å². The lowest BCUT2D eigenvalue weighted by Crippen LogP contribution is -2.31. The van der Waals surface area contributed by atoms with Crippen molar-refractivity contribution in [2.24, 2.45) is 0 Å². The summed E-state index contributed by atoms with van der Waals surface area (Å²) in [5.74, 6) is -0.984. The average Bonchev–Trinajstić information content (AvgIpc) is 3.20. The fourth-order valence-electron chi connectivity index (χ4n) is 5.59. The van der Waals surface area contributed by atoms with Gasteiger partial charge < -0.3 is 9.84 Å². The molecule has 1 heterocycles. The van der Waals surface area contributed by atoms with Crippen molar-refractivity contribution < 1.29 is 32.6 Å². The zero-order valence-electron chi connectivity index (χ0n) is 23.6. The van der Waals surface area contributed by atoms with E-state index in [-0.39, 0.29) is 12.1 Å². The van der Waals surface area contributed by atoms with Crippen LogP contribution in [-0.2, 0) is 17.5 Å². The second kappa shape index (κ2) is 11.0. The third-order valence-electron chi connectivity index (χ3n) is 7.71. The first-order chi connectivity index (χ1) is 19.8. The molecule has 1 aliphatic rings. The molecule has 5 rings (SSSR count). The Morgan fingerprint density at radius 3 is 2.24 bits per heavy atom. The zero-order valence-corrected chi connectivity index (χ0v) is 23.6. The summed E-state index contributed by atoms with van der Waals surface area (Å²) in [6, 6.07) is 22.1. The van der Waals surface area contributed by atoms with Crippen molar-refractivity contribution in [3.63, 3.8) is 0 Å². The minimum Gasteiger partial charge on any atom is -0.478 e. The maximum absolute atomic E-state index is 13.5. The van der Waals surface area contributed by atoms with E-state index in [0.717, 1.165) is 51.1 Å². The van der Waals surface area contributed by atoms with Gasteiger partial charge in [0.05, 0.1) is 23.7 Å². The summed E-state index contributed by atoms with van der Waals surface area (Å²) >= 11 is 0. The number of carbonyl (C=O) groups is 2. The zero-order chi connectivity index (χ0) is 30.3. The molecular formula is C34H30F3NO4. The number of rotatable bonds is 6. The number of carbonyl (C=O) groups excluding carboxylic acids is 1. The molecule has 42 heavy (non-hydrogen) atoms. The molecule has 0 saturated carbocycles. The minimum atomic E-state index is -4.51. The SMILES string of the molecule is Cc1cc([C@H]2OC(=O)N(Cc3cc(C)ccc3-c3cccc(-c4ccc(C(=O)O)cc4C)c3)[C@H]2C)cc(C(F)(F)F)c1. The summed E-state index contributed by atoms with van der Waals surface area (Å²) in [5.41, 5.74) is 6.54. The Labute approximate surface area is 242 Å². The summed E-state index contributed by atoms with van der Waals surface area (Å²) in [7, 11) is 0. The predicted octanol–water partition coefficient (Wildman–Crippen LogP) is 8.74. The van der Waals surface area contributed by atoms with E-state index in [9.17, 15) is 27.9 Å². The first kappa shape index (κ1) is 28.9. The Hall–Kier alpha value is -4.59. The van der Waals surface area contributed by atoms with Crippen molar-refractivity contribution >= 4 is 12.1 Å². The summed E-state index contributed by atoms with van der Waals surface area (Å²) in [6.07, 6.45) is -5.93. The highest BCUT2D eigenvalue weighted by atomic mass is 19.4. The first-order valence-electron chi connectivity index (χ1n) is 13.5. The molecule has 0 aromatic heterocycles. The molecule has 4 aromatic rings. The van der Waals surface area contributed by atoms with E-state index in [0.29, 0.717) is 11.1 Å². The molecule has 0 unspecified atom stereocenters. The number of cyclic esters (lactones) is 1. The van der Waals surface area contributed by atoms with Crippen molar-refractivity contribution in [1.29, 1.82) is 0 Å². The van der Waals surface area contributed by atoms with Crippen LogP contribution < -0.4 is 0 Å². The monoisotopic (exact) mass is 573 g/mol. The maximum atomic E-state index is 13.5. The van der Waals surface area contributed by atoms with Gasteiger partial charge >= 0.3 is 18.2 Å². The van der Waals surface area contributed by atoms with Crippen molar-refractivity contribution in [3.05, 3.63) is 118 Å². The van der Waals surface area contributed by atoms with E-state index in [2.05, 4.69) is 0 Å². The molecule has 1 aliphatic heterocycles. The van der Waals surface area contributed by atoms with E-state index >= 15 is 0 Å². The third-order valence-corrected chi connectivity index (χ3v) is 7.71. The van der Waals surface area contributed by atoms with Crippen molar-refractivity contribution in [3.8, 4) is 22.3 Å². The summed E-state index contributed by atoms with van der Waals surface area (Å²) in [4.78, 5) is 26.0. The lowest BCUT2D eigenvalue weighted by Gasteiger charge is -2.23. The highest BCUT2D eigenvalue weighted by Gasteiger charge is 2.41. The van der Waals surface area contributed by atoms with E-state index in [1.807, 2.05) is 56.3 Å². The second-order valence-corrected chi connectivity index (χ2v) is 10.9. The minimum absolute atomic E-state index is 0.210. The highest BCUT2D eigenvalue weighted by molar-refractivity contribution is 5.89. The highest BCUT2D eigenvalue weighted by Crippen LogP contribution is 2.39. The number of hydrogen-bond acceptors (Lipinski definition) is 3. The molecule has 1 amide bonds. The lowest BCUT2D eigenvalue weighted by atomic mass is 9.92. The van der Waals surface area contributed by atoms with Gasteiger partial charge in [0.2, 0.25) is 0 Å². The van der Waals surface area contributed by atoms with Crippen LogP contribution in [-0.4, -0.2) is 28.1 Å². The Bertz CT molecular complexity index is 1690. The number of benzene rings is 4. The van der Waals surface area contributed by atoms with E-state index in [4.69, 9.17) is 4.74 Å². The molecule has 0 bridgehead atoms. The Balaban J connectivity index is 1.47. The number of nitrogens with zero attached hydrogens (tertiary/aromatic N) is 1.